The summed E-state index contributed by atoms with van der Waals surface area (Å²) < 4.78 is 13.5. The number of carbonyl (C=O) groups is 1. The summed E-state index contributed by atoms with van der Waals surface area (Å²) in [7, 11) is 0. The summed E-state index contributed by atoms with van der Waals surface area (Å²) in [6.45, 7) is 1.16. The summed E-state index contributed by atoms with van der Waals surface area (Å²) in [6.07, 6.45) is 2.28. The Morgan fingerprint density at radius 2 is 2.43 bits per heavy atom. The zero-order valence-corrected chi connectivity index (χ0v) is 11.9. The van der Waals surface area contributed by atoms with Crippen LogP contribution in [0.3, 0.4) is 0 Å². The molecule has 0 saturated carbocycles. The number of carbonyl (C=O) groups excluding carboxylic acids is 1. The van der Waals surface area contributed by atoms with E-state index in [0.29, 0.717) is 30.1 Å². The van der Waals surface area contributed by atoms with Crippen LogP contribution < -0.4 is 4.74 Å². The lowest BCUT2D eigenvalue weighted by Gasteiger charge is -2.16. The Morgan fingerprint density at radius 1 is 1.52 bits per heavy atom. The maximum Gasteiger partial charge on any atom is 0.254 e. The monoisotopic (exact) mass is 300 g/mol. The topological polar surface area (TPSA) is 79.1 Å². The van der Waals surface area contributed by atoms with Crippen LogP contribution in [0.5, 0.6) is 5.88 Å². The highest BCUT2D eigenvalue weighted by atomic mass is 32.1. The van der Waals surface area contributed by atoms with Crippen LogP contribution in [-0.2, 0) is 0 Å². The van der Waals surface area contributed by atoms with E-state index >= 15 is 0 Å². The molecule has 1 aliphatic rings. The highest BCUT2D eigenvalue weighted by Gasteiger charge is 2.28. The van der Waals surface area contributed by atoms with Crippen molar-refractivity contribution in [3.05, 3.63) is 41.6 Å². The SMILES string of the molecule is N#Cc1cccc(C(=O)N2CCC(Oc3cnsn3)C2)c1. The number of rotatable bonds is 3. The standard InChI is InChI=1S/C14H12N4O2S/c15-7-10-2-1-3-11(6-10)14(19)18-5-4-12(9-18)20-13-8-16-21-17-13/h1-3,6,8,12H,4-5,9H2. The number of aromatic nitrogens is 2. The van der Waals surface area contributed by atoms with Gasteiger partial charge in [-0.2, -0.15) is 9.64 Å². The maximum atomic E-state index is 12.4. The Hall–Kier alpha value is -2.46. The molecule has 21 heavy (non-hydrogen) atoms. The Morgan fingerprint density at radius 3 is 3.19 bits per heavy atom. The first-order chi connectivity index (χ1) is 10.3. The predicted octanol–water partition coefficient (Wildman–Crippen LogP) is 1.70. The molecule has 1 saturated heterocycles. The van der Waals surface area contributed by atoms with E-state index in [1.807, 2.05) is 6.07 Å². The number of amides is 1. The Bertz CT molecular complexity index is 681. The van der Waals surface area contributed by atoms with Crippen LogP contribution in [0.1, 0.15) is 22.3 Å². The molecule has 0 spiro atoms. The van der Waals surface area contributed by atoms with Gasteiger partial charge in [0.15, 0.2) is 0 Å². The van der Waals surface area contributed by atoms with Gasteiger partial charge in [-0.05, 0) is 18.2 Å². The van der Waals surface area contributed by atoms with E-state index in [1.54, 1.807) is 35.4 Å². The molecule has 0 aliphatic carbocycles. The van der Waals surface area contributed by atoms with Gasteiger partial charge in [0.2, 0.25) is 5.88 Å². The fraction of sp³-hybridized carbons (Fsp3) is 0.286. The van der Waals surface area contributed by atoms with Crippen LogP contribution in [0, 0.1) is 11.3 Å². The lowest BCUT2D eigenvalue weighted by atomic mass is 10.1. The number of hydrogen-bond donors (Lipinski definition) is 0. The van der Waals surface area contributed by atoms with Gasteiger partial charge in [0.05, 0.1) is 29.9 Å². The van der Waals surface area contributed by atoms with E-state index < -0.39 is 0 Å². The summed E-state index contributed by atoms with van der Waals surface area (Å²) >= 11 is 1.09. The van der Waals surface area contributed by atoms with Crippen molar-refractivity contribution in [1.29, 1.82) is 5.26 Å². The van der Waals surface area contributed by atoms with E-state index in [1.165, 1.54) is 0 Å². The quantitative estimate of drug-likeness (QED) is 0.862. The summed E-state index contributed by atoms with van der Waals surface area (Å²) in [5.41, 5.74) is 1.02. The molecule has 0 bridgehead atoms. The molecule has 0 N–H and O–H groups in total. The average molecular weight is 300 g/mol. The van der Waals surface area contributed by atoms with Gasteiger partial charge in [0.1, 0.15) is 12.3 Å². The fourth-order valence-corrected chi connectivity index (χ4v) is 2.65. The van der Waals surface area contributed by atoms with E-state index in [9.17, 15) is 4.79 Å². The summed E-state index contributed by atoms with van der Waals surface area (Å²) in [5.74, 6) is 0.431. The Kier molecular flexibility index (Phi) is 3.79. The summed E-state index contributed by atoms with van der Waals surface area (Å²) in [5, 5.41) is 8.89. The smallest absolute Gasteiger partial charge is 0.254 e. The number of ether oxygens (including phenoxy) is 1. The Balaban J connectivity index is 1.65. The number of nitriles is 1. The molecule has 1 amide bonds. The van der Waals surface area contributed by atoms with Gasteiger partial charge in [-0.3, -0.25) is 4.79 Å². The van der Waals surface area contributed by atoms with Crippen LogP contribution in [0.25, 0.3) is 0 Å². The molecule has 2 heterocycles. The van der Waals surface area contributed by atoms with E-state index in [-0.39, 0.29) is 12.0 Å². The molecule has 106 valence electrons. The molecule has 1 unspecified atom stereocenters. The first kappa shape index (κ1) is 13.5. The second-order valence-electron chi connectivity index (χ2n) is 4.72. The van der Waals surface area contributed by atoms with Crippen molar-refractivity contribution < 1.29 is 9.53 Å². The summed E-state index contributed by atoms with van der Waals surface area (Å²) in [4.78, 5) is 14.1. The van der Waals surface area contributed by atoms with Crippen molar-refractivity contribution in [2.75, 3.05) is 13.1 Å². The number of likely N-dealkylation sites (tertiary alicyclic amines) is 1. The number of benzene rings is 1. The average Bonchev–Trinajstić information content (AvgIpc) is 3.19. The molecule has 2 aromatic rings. The molecule has 1 aliphatic heterocycles. The number of nitrogens with zero attached hydrogens (tertiary/aromatic N) is 4. The van der Waals surface area contributed by atoms with Gasteiger partial charge >= 0.3 is 0 Å². The van der Waals surface area contributed by atoms with E-state index in [4.69, 9.17) is 10.00 Å². The highest BCUT2D eigenvalue weighted by molar-refractivity contribution is 6.99. The minimum atomic E-state index is -0.0744. The van der Waals surface area contributed by atoms with Crippen LogP contribution in [0.15, 0.2) is 30.5 Å². The molecular weight excluding hydrogens is 288 g/mol. The second-order valence-corrected chi connectivity index (χ2v) is 5.27. The first-order valence-electron chi connectivity index (χ1n) is 6.50. The molecule has 1 atom stereocenters. The minimum Gasteiger partial charge on any atom is -0.471 e. The van der Waals surface area contributed by atoms with Crippen molar-refractivity contribution in [3.63, 3.8) is 0 Å². The lowest BCUT2D eigenvalue weighted by molar-refractivity contribution is 0.0771. The Labute approximate surface area is 125 Å². The number of hydrogen-bond acceptors (Lipinski definition) is 6. The van der Waals surface area contributed by atoms with E-state index in [0.717, 1.165) is 18.1 Å². The van der Waals surface area contributed by atoms with Gasteiger partial charge in [-0.25, -0.2) is 0 Å². The highest BCUT2D eigenvalue weighted by Crippen LogP contribution is 2.19. The normalized spacial score (nSPS) is 17.5. The lowest BCUT2D eigenvalue weighted by Crippen LogP contribution is -2.31. The molecule has 1 aromatic carbocycles. The van der Waals surface area contributed by atoms with Crippen LogP contribution >= 0.6 is 11.7 Å². The zero-order chi connectivity index (χ0) is 14.7. The molecular formula is C14H12N4O2S. The van der Waals surface area contributed by atoms with Gasteiger partial charge in [-0.15, -0.1) is 4.37 Å². The molecule has 3 rings (SSSR count). The largest absolute Gasteiger partial charge is 0.471 e. The van der Waals surface area contributed by atoms with Crippen molar-refractivity contribution in [3.8, 4) is 11.9 Å². The summed E-state index contributed by atoms with van der Waals surface area (Å²) in [6, 6.07) is 8.78. The van der Waals surface area contributed by atoms with Crippen LogP contribution in [0.2, 0.25) is 0 Å². The second kappa shape index (κ2) is 5.89. The van der Waals surface area contributed by atoms with Gasteiger partial charge in [0, 0.05) is 18.5 Å². The molecule has 0 radical (unpaired) electrons. The molecule has 7 heteroatoms. The van der Waals surface area contributed by atoms with Gasteiger partial charge in [-0.1, -0.05) is 6.07 Å². The molecule has 1 fully saturated rings. The van der Waals surface area contributed by atoms with Gasteiger partial charge < -0.3 is 9.64 Å². The van der Waals surface area contributed by atoms with Crippen molar-refractivity contribution >= 4 is 17.6 Å². The third-order valence-electron chi connectivity index (χ3n) is 3.30. The van der Waals surface area contributed by atoms with Crippen molar-refractivity contribution in [1.82, 2.24) is 13.6 Å². The maximum absolute atomic E-state index is 12.4. The molecule has 1 aromatic heterocycles. The van der Waals surface area contributed by atoms with Gasteiger partial charge in [0.25, 0.3) is 5.91 Å². The van der Waals surface area contributed by atoms with Crippen LogP contribution in [0.4, 0.5) is 0 Å². The third kappa shape index (κ3) is 3.01. The van der Waals surface area contributed by atoms with Crippen molar-refractivity contribution in [2.24, 2.45) is 0 Å². The first-order valence-corrected chi connectivity index (χ1v) is 7.23. The van der Waals surface area contributed by atoms with E-state index in [2.05, 4.69) is 8.75 Å². The third-order valence-corrected chi connectivity index (χ3v) is 3.76. The fourth-order valence-electron chi connectivity index (χ4n) is 2.29. The zero-order valence-electron chi connectivity index (χ0n) is 11.1. The molecule has 6 nitrogen and oxygen atoms in total. The van der Waals surface area contributed by atoms with Crippen molar-refractivity contribution in [2.45, 2.75) is 12.5 Å². The van der Waals surface area contributed by atoms with Crippen LogP contribution in [-0.4, -0.2) is 38.7 Å². The predicted molar refractivity (Wildman–Crippen MR) is 76.0 cm³/mol. The minimum absolute atomic E-state index is 0.0583.